The number of fused-ring (bicyclic) bond motifs is 15. The molecular weight excluding hydrogens is 1710 g/mol. The monoisotopic (exact) mass is 1810 g/mol. The number of primary amides is 1. The van der Waals surface area contributed by atoms with E-state index in [1.54, 1.807) is 18.3 Å². The lowest BCUT2D eigenvalue weighted by atomic mass is 9.84. The second-order valence-corrected chi connectivity index (χ2v) is 34.1. The number of nitrogens with two attached hydrogens (primary N) is 2. The number of phenolic OH excluding ortho intramolecular Hbond substituents is 3. The lowest BCUT2D eigenvalue weighted by molar-refractivity contribution is -0.351. The van der Waals surface area contributed by atoms with Crippen molar-refractivity contribution in [2.75, 3.05) is 13.7 Å². The van der Waals surface area contributed by atoms with Crippen molar-refractivity contribution in [3.8, 4) is 68.4 Å². The molecule has 11 bridgehead atoms. The zero-order valence-electron chi connectivity index (χ0n) is 68.3. The maximum atomic E-state index is 16.6. The van der Waals surface area contributed by atoms with Crippen molar-refractivity contribution in [2.24, 2.45) is 23.3 Å². The fourth-order valence-electron chi connectivity index (χ4n) is 16.5. The summed E-state index contributed by atoms with van der Waals surface area (Å²) in [5.41, 5.74) is 10.8. The molecule has 0 aliphatic carbocycles. The molecule has 9 heterocycles. The van der Waals surface area contributed by atoms with Crippen LogP contribution >= 0.6 is 34.8 Å². The number of aliphatic hydroxyl groups excluding tert-OH is 8. The molecule has 6 aromatic carbocycles. The molecule has 39 heteroatoms. The second-order valence-electron chi connectivity index (χ2n) is 32.9. The van der Waals surface area contributed by atoms with Gasteiger partial charge in [-0.1, -0.05) is 85.0 Å². The number of hydrogen-bond donors (Lipinski definition) is 19. The van der Waals surface area contributed by atoms with Crippen LogP contribution in [0.2, 0.25) is 15.1 Å². The van der Waals surface area contributed by atoms with Crippen molar-refractivity contribution in [2.45, 2.75) is 213 Å². The predicted octanol–water partition coefficient (Wildman–Crippen LogP) is 4.65. The van der Waals surface area contributed by atoms with Crippen LogP contribution in [0.15, 0.2) is 121 Å². The molecular formula is C87H97Cl3N8O28. The van der Waals surface area contributed by atoms with Crippen molar-refractivity contribution in [1.29, 1.82) is 0 Å². The van der Waals surface area contributed by atoms with Crippen LogP contribution in [0.1, 0.15) is 136 Å². The number of nitrogens with zero attached hydrogens (tertiary/aromatic N) is 1. The van der Waals surface area contributed by atoms with Gasteiger partial charge in [0, 0.05) is 70.8 Å². The third-order valence-electron chi connectivity index (χ3n) is 23.2. The summed E-state index contributed by atoms with van der Waals surface area (Å²) in [5.74, 6) is -19.3. The summed E-state index contributed by atoms with van der Waals surface area (Å²) in [6.45, 7) is 5.50. The summed E-state index contributed by atoms with van der Waals surface area (Å²) >= 11 is 20.6. The Morgan fingerprint density at radius 2 is 1.34 bits per heavy atom. The van der Waals surface area contributed by atoms with Crippen molar-refractivity contribution < 1.29 is 138 Å². The second kappa shape index (κ2) is 39.1. The number of pyridine rings is 1. The minimum atomic E-state index is -2.34. The van der Waals surface area contributed by atoms with E-state index in [0.717, 1.165) is 65.7 Å². The highest BCUT2D eigenvalue weighted by Crippen LogP contribution is 2.51. The number of halogens is 3. The van der Waals surface area contributed by atoms with Crippen molar-refractivity contribution >= 4 is 81.9 Å². The minimum Gasteiger partial charge on any atom is -0.508 e. The van der Waals surface area contributed by atoms with Crippen LogP contribution in [-0.2, 0) is 68.5 Å². The van der Waals surface area contributed by atoms with Crippen LogP contribution in [0.5, 0.6) is 46.0 Å². The van der Waals surface area contributed by atoms with Crippen LogP contribution in [-0.4, -0.2) is 231 Å². The number of hydrogen-bond acceptors (Lipinski definition) is 30. The molecule has 21 N–H and O–H groups in total. The molecule has 15 rings (SSSR count). The summed E-state index contributed by atoms with van der Waals surface area (Å²) in [6.07, 6.45) is -28.2. The number of rotatable bonds is 20. The molecule has 0 spiro atoms. The third kappa shape index (κ3) is 20.5. The Bertz CT molecular complexity index is 5250. The number of benzene rings is 6. The number of ether oxygens (including phenoxy) is 8. The Balaban J connectivity index is 0.962. The highest BCUT2D eigenvalue weighted by atomic mass is 35.5. The van der Waals surface area contributed by atoms with Gasteiger partial charge in [0.1, 0.15) is 102 Å². The van der Waals surface area contributed by atoms with E-state index in [0.29, 0.717) is 23.6 Å². The van der Waals surface area contributed by atoms with Crippen molar-refractivity contribution in [3.63, 3.8) is 0 Å². The lowest BCUT2D eigenvalue weighted by Crippen LogP contribution is -2.64. The number of carboxylic acids is 1. The first-order valence-electron chi connectivity index (χ1n) is 40.6. The minimum absolute atomic E-state index is 0.0555. The molecule has 0 saturated carbocycles. The van der Waals surface area contributed by atoms with E-state index in [2.05, 4.69) is 31.6 Å². The summed E-state index contributed by atoms with van der Waals surface area (Å²) in [7, 11) is 1.48. The Labute approximate surface area is 735 Å². The van der Waals surface area contributed by atoms with Gasteiger partial charge in [0.25, 0.3) is 0 Å². The molecule has 3 fully saturated rings. The summed E-state index contributed by atoms with van der Waals surface area (Å²) in [4.78, 5) is 125. The molecule has 0 radical (unpaired) electrons. The zero-order chi connectivity index (χ0) is 90.9. The molecule has 23 atom stereocenters. The summed E-state index contributed by atoms with van der Waals surface area (Å²) in [6, 6.07) is 15.2. The zero-order valence-corrected chi connectivity index (χ0v) is 70.6. The van der Waals surface area contributed by atoms with Crippen LogP contribution in [0, 0.1) is 11.8 Å². The smallest absolute Gasteiger partial charge is 0.330 e. The number of carboxylic acid groups (broad SMARTS) is 1. The van der Waals surface area contributed by atoms with Crippen LogP contribution in [0.3, 0.4) is 0 Å². The average Bonchev–Trinajstić information content (AvgIpc) is 0.761. The number of aryl methyl sites for hydroxylation is 1. The number of amides is 5. The molecule has 126 heavy (non-hydrogen) atoms. The topological polar surface area (TPSA) is 578 Å². The van der Waals surface area contributed by atoms with Crippen LogP contribution in [0.4, 0.5) is 0 Å². The Kier molecular flexibility index (Phi) is 29.0. The largest absolute Gasteiger partial charge is 0.508 e. The fourth-order valence-corrected chi connectivity index (χ4v) is 17.0. The van der Waals surface area contributed by atoms with E-state index in [9.17, 15) is 75.7 Å². The maximum Gasteiger partial charge on any atom is 0.330 e. The number of aromatic hydroxyl groups is 3. The molecule has 8 aliphatic heterocycles. The van der Waals surface area contributed by atoms with Gasteiger partial charge < -0.3 is 137 Å². The average molecular weight is 1810 g/mol. The summed E-state index contributed by atoms with van der Waals surface area (Å²) in [5, 5.41) is 153. The number of carbonyl (C=O) groups excluding carboxylic acids is 7. The fraction of sp³-hybridized carbons (Fsp3) is 0.437. The number of ketones is 2. The van der Waals surface area contributed by atoms with E-state index in [-0.39, 0.29) is 52.6 Å². The van der Waals surface area contributed by atoms with Gasteiger partial charge in [-0.15, -0.1) is 0 Å². The number of aromatic nitrogens is 1. The van der Waals surface area contributed by atoms with Gasteiger partial charge in [-0.3, -0.25) is 38.5 Å². The molecule has 36 nitrogen and oxygen atoms in total. The van der Waals surface area contributed by atoms with Crippen LogP contribution in [0.25, 0.3) is 22.4 Å². The van der Waals surface area contributed by atoms with Gasteiger partial charge in [0.15, 0.2) is 41.7 Å². The van der Waals surface area contributed by atoms with Gasteiger partial charge >= 0.3 is 5.97 Å². The standard InChI is InChI=1S/C87H97Cl3N8O28/c1-35(2)21-52(93-5)82(115)97-68-55(103)25-43(28-63(91)105)80(113)95-66-42-26-60(120-57-19-13-40(70(68)106)23-49(57)89)77(125-86-75(111)73(109)78(62(34-99)123-86)126-85-74(110)72(108)71(107)59(122-85)8-6-7-37-9-17-51(94-33-37)38-10-15-44(88)16-11-38)61(27-42)121-58-20-14-41(24-50(58)90)76(124-64-32-87(4,92)79(112)36(3)119-64)69-83(116)96-67(84(117)118)48-29-45(100)30-54(102)65(48)47-22-39(12-18-53(47)101)46(31-56(66)104)81(114)98-69/h9-20,22-24,26-27,29-30,33,35-36,43,46,52,59,62,64,66-76,78-79,85-86,93,99-102,106-112H,6-8,21,25,28,31-32,34,92H2,1-5H3,(H2,91,105)(H,95,113)(H,96,116)(H,97,115)(H,98,114)(H,117,118)/t36-,43+,46-,52+,59+,62+,64?,66+,67-,68?,69-,70+,71-,72-,73+,74+,75+,76+,78+,79-,85-,86-,87-/m0/s1. The number of nitrogens with one attached hydrogen (secondary N) is 5. The summed E-state index contributed by atoms with van der Waals surface area (Å²) < 4.78 is 51.5. The first-order chi connectivity index (χ1) is 59.8. The van der Waals surface area contributed by atoms with Gasteiger partial charge in [-0.2, -0.15) is 0 Å². The van der Waals surface area contributed by atoms with Gasteiger partial charge in [0.05, 0.1) is 58.5 Å². The number of aliphatic carboxylic acids is 1. The Morgan fingerprint density at radius 3 is 1.97 bits per heavy atom. The first kappa shape index (κ1) is 93.3. The van der Waals surface area contributed by atoms with Gasteiger partial charge in [-0.05, 0) is 153 Å². The van der Waals surface area contributed by atoms with Crippen LogP contribution < -0.4 is 52.3 Å². The van der Waals surface area contributed by atoms with E-state index < -0.39 is 280 Å². The Hall–Kier alpha value is -10.3. The highest BCUT2D eigenvalue weighted by Gasteiger charge is 2.53. The molecule has 674 valence electrons. The SMILES string of the molecule is CN[C@H](CC(C)C)C(=O)NC1C(=O)C[C@H](CC(N)=O)C(=O)N[C@H]2C(=O)C[C@@H]3C(=O)N[C@H](C(=O)N[C@H](C(=O)O)c4cc(O)cc(O)c4-c4cc3ccc4O)[C@H](OC3C[C@](C)(N)[C@@H](O)[C@H](C)O3)c3ccc(c(Cl)c3)Oc3cc2cc(c3O[C@@H]2O[C@H](CO)[C@@H](O[C@@H]3O[C@H](CCCc4ccc(-c5ccc(Cl)cc5)nc4)[C@H](O)[C@H](O)[C@H]3O)[C@H](O)[C@H]2O)Oc2ccc(cc2Cl)[C@H]1O. The molecule has 1 aromatic heterocycles. The third-order valence-corrected chi connectivity index (χ3v) is 24.0. The van der Waals surface area contributed by atoms with E-state index >= 15 is 24.0 Å². The number of Topliss-reactive ketones (excluding diaryl/α,β-unsaturated/α-hetero) is 2. The van der Waals surface area contributed by atoms with Gasteiger partial charge in [-0.25, -0.2) is 4.79 Å². The van der Waals surface area contributed by atoms with E-state index in [1.165, 1.54) is 45.2 Å². The van der Waals surface area contributed by atoms with E-state index in [4.69, 9.17) is 84.2 Å². The number of phenols is 3. The number of likely N-dealkylation sites (N-methyl/N-ethyl adjacent to an activating group) is 1. The maximum absolute atomic E-state index is 16.6. The molecule has 2 unspecified atom stereocenters. The van der Waals surface area contributed by atoms with Crippen molar-refractivity contribution in [3.05, 3.63) is 170 Å². The van der Waals surface area contributed by atoms with Crippen molar-refractivity contribution in [1.82, 2.24) is 31.6 Å². The highest BCUT2D eigenvalue weighted by molar-refractivity contribution is 6.32. The lowest BCUT2D eigenvalue weighted by Gasteiger charge is -2.46. The Morgan fingerprint density at radius 1 is 0.683 bits per heavy atom. The quantitative estimate of drug-likeness (QED) is 0.0493. The molecule has 3 saturated heterocycles. The molecule has 7 aromatic rings. The molecule has 8 aliphatic rings. The predicted molar refractivity (Wildman–Crippen MR) is 445 cm³/mol. The number of aliphatic hydroxyl groups is 8. The van der Waals surface area contributed by atoms with E-state index in [1.807, 2.05) is 38.1 Å². The van der Waals surface area contributed by atoms with Gasteiger partial charge in [0.2, 0.25) is 41.6 Å². The normalized spacial score (nSPS) is 29.7. The first-order valence-corrected chi connectivity index (χ1v) is 41.7. The number of carbonyl (C=O) groups is 8. The molecule has 5 amide bonds.